The van der Waals surface area contributed by atoms with E-state index in [9.17, 15) is 23.2 Å². The van der Waals surface area contributed by atoms with Gasteiger partial charge in [-0.2, -0.15) is 18.4 Å². The molecular weight excluding hydrogens is 461 g/mol. The second-order valence-corrected chi connectivity index (χ2v) is 8.83. The smallest absolute Gasteiger partial charge is 0.355 e. The number of alkyl halides is 3. The van der Waals surface area contributed by atoms with Crippen molar-refractivity contribution in [2.24, 2.45) is 0 Å². The fraction of sp³-hybridized carbons (Fsp3) is 0.240. The summed E-state index contributed by atoms with van der Waals surface area (Å²) < 4.78 is 38.5. The minimum Gasteiger partial charge on any atom is -0.355 e. The highest BCUT2D eigenvalue weighted by atomic mass is 32.2. The number of rotatable bonds is 4. The number of nitrogens with zero attached hydrogens (tertiary/aromatic N) is 4. The van der Waals surface area contributed by atoms with Crippen molar-refractivity contribution in [3.8, 4) is 6.07 Å². The molecule has 174 valence electrons. The minimum atomic E-state index is -4.42. The molecule has 0 aliphatic carbocycles. The maximum atomic E-state index is 13.4. The second kappa shape index (κ2) is 10.2. The summed E-state index contributed by atoms with van der Waals surface area (Å²) in [6, 6.07) is 19.1. The van der Waals surface area contributed by atoms with E-state index in [0.29, 0.717) is 49.5 Å². The molecule has 0 spiro atoms. The zero-order valence-corrected chi connectivity index (χ0v) is 18.9. The number of nitriles is 1. The highest BCUT2D eigenvalue weighted by Gasteiger charge is 2.31. The van der Waals surface area contributed by atoms with E-state index >= 15 is 0 Å². The van der Waals surface area contributed by atoms with E-state index in [1.54, 1.807) is 23.1 Å². The Labute approximate surface area is 199 Å². The third-order valence-electron chi connectivity index (χ3n) is 5.53. The van der Waals surface area contributed by atoms with Crippen LogP contribution in [0.2, 0.25) is 0 Å². The van der Waals surface area contributed by atoms with Crippen LogP contribution in [0, 0.1) is 11.3 Å². The molecule has 2 aromatic carbocycles. The van der Waals surface area contributed by atoms with E-state index in [0.717, 1.165) is 22.1 Å². The van der Waals surface area contributed by atoms with Gasteiger partial charge >= 0.3 is 6.18 Å². The number of hydrogen-bond donors (Lipinski definition) is 0. The van der Waals surface area contributed by atoms with Gasteiger partial charge in [-0.1, -0.05) is 36.0 Å². The first-order chi connectivity index (χ1) is 16.4. The summed E-state index contributed by atoms with van der Waals surface area (Å²) in [4.78, 5) is 22.6. The average molecular weight is 483 g/mol. The van der Waals surface area contributed by atoms with Crippen molar-refractivity contribution in [1.82, 2.24) is 9.88 Å². The van der Waals surface area contributed by atoms with Crippen LogP contribution >= 0.6 is 11.8 Å². The minimum absolute atomic E-state index is 0.111. The lowest BCUT2D eigenvalue weighted by atomic mass is 10.2. The number of aromatic nitrogens is 1. The van der Waals surface area contributed by atoms with Crippen LogP contribution in [0.3, 0.4) is 0 Å². The van der Waals surface area contributed by atoms with E-state index in [4.69, 9.17) is 0 Å². The molecule has 9 heteroatoms. The maximum absolute atomic E-state index is 13.4. The van der Waals surface area contributed by atoms with Crippen LogP contribution in [0.15, 0.2) is 76.7 Å². The largest absolute Gasteiger partial charge is 0.417 e. The third-order valence-corrected chi connectivity index (χ3v) is 6.68. The Bertz CT molecular complexity index is 1210. The lowest BCUT2D eigenvalue weighted by Crippen LogP contribution is -2.35. The highest BCUT2D eigenvalue weighted by Crippen LogP contribution is 2.33. The van der Waals surface area contributed by atoms with Crippen molar-refractivity contribution < 1.29 is 18.0 Å². The molecular formula is C25H21F3N4OS. The topological polar surface area (TPSA) is 60.2 Å². The molecule has 1 aromatic heterocycles. The van der Waals surface area contributed by atoms with Crippen molar-refractivity contribution in [3.05, 3.63) is 83.6 Å². The molecule has 1 amide bonds. The van der Waals surface area contributed by atoms with E-state index in [1.807, 2.05) is 35.2 Å². The first-order valence-corrected chi connectivity index (χ1v) is 11.5. The zero-order chi connectivity index (χ0) is 24.1. The molecule has 0 saturated carbocycles. The Morgan fingerprint density at radius 2 is 1.68 bits per heavy atom. The van der Waals surface area contributed by atoms with Crippen molar-refractivity contribution in [3.63, 3.8) is 0 Å². The SMILES string of the molecule is N#Cc1ccccc1Sc1ccccc1C(=O)N1CCCN(c2ccc(C(F)(F)F)cn2)CC1. The van der Waals surface area contributed by atoms with Crippen LogP contribution in [-0.4, -0.2) is 42.0 Å². The number of pyridine rings is 1. The Kier molecular flexibility index (Phi) is 7.08. The van der Waals surface area contributed by atoms with Gasteiger partial charge in [-0.3, -0.25) is 4.79 Å². The van der Waals surface area contributed by atoms with Gasteiger partial charge in [0.05, 0.1) is 16.7 Å². The second-order valence-electron chi connectivity index (χ2n) is 7.74. The van der Waals surface area contributed by atoms with E-state index in [-0.39, 0.29) is 5.91 Å². The van der Waals surface area contributed by atoms with Crippen molar-refractivity contribution in [1.29, 1.82) is 5.26 Å². The third kappa shape index (κ3) is 5.34. The summed E-state index contributed by atoms with van der Waals surface area (Å²) in [6.07, 6.45) is -2.91. The number of carbonyl (C=O) groups is 1. The van der Waals surface area contributed by atoms with Gasteiger partial charge in [-0.05, 0) is 42.8 Å². The van der Waals surface area contributed by atoms with Crippen LogP contribution in [0.4, 0.5) is 19.0 Å². The molecule has 0 radical (unpaired) electrons. The van der Waals surface area contributed by atoms with Crippen LogP contribution in [-0.2, 0) is 6.18 Å². The Balaban J connectivity index is 1.48. The Hall–Kier alpha value is -3.51. The van der Waals surface area contributed by atoms with Crippen molar-refractivity contribution in [2.45, 2.75) is 22.4 Å². The normalized spacial score (nSPS) is 14.4. The fourth-order valence-electron chi connectivity index (χ4n) is 3.76. The predicted octanol–water partition coefficient (Wildman–Crippen LogP) is 5.48. The lowest BCUT2D eigenvalue weighted by Gasteiger charge is -2.24. The molecule has 0 atom stereocenters. The van der Waals surface area contributed by atoms with Gasteiger partial charge < -0.3 is 9.80 Å². The molecule has 0 N–H and O–H groups in total. The molecule has 0 unspecified atom stereocenters. The summed E-state index contributed by atoms with van der Waals surface area (Å²) in [6.45, 7) is 2.02. The molecule has 1 fully saturated rings. The molecule has 5 nitrogen and oxygen atoms in total. The standard InChI is InChI=1S/C25H21F3N4OS/c26-25(27,28)19-10-11-23(30-17-19)31-12-5-13-32(15-14-31)24(33)20-7-2-4-9-22(20)34-21-8-3-1-6-18(21)16-29/h1-4,6-11,17H,5,12-15H2. The zero-order valence-electron chi connectivity index (χ0n) is 18.1. The lowest BCUT2D eigenvalue weighted by molar-refractivity contribution is -0.137. The van der Waals surface area contributed by atoms with Gasteiger partial charge in [0.15, 0.2) is 0 Å². The molecule has 1 aliphatic rings. The van der Waals surface area contributed by atoms with Crippen LogP contribution < -0.4 is 4.90 Å². The summed E-state index contributed by atoms with van der Waals surface area (Å²) in [5.41, 5.74) is 0.320. The van der Waals surface area contributed by atoms with E-state index < -0.39 is 11.7 Å². The number of carbonyl (C=O) groups excluding carboxylic acids is 1. The first kappa shape index (κ1) is 23.6. The van der Waals surface area contributed by atoms with Crippen LogP contribution in [0.1, 0.15) is 27.9 Å². The van der Waals surface area contributed by atoms with Gasteiger partial charge in [0.2, 0.25) is 0 Å². The van der Waals surface area contributed by atoms with Gasteiger partial charge in [0, 0.05) is 42.2 Å². The molecule has 3 aromatic rings. The summed E-state index contributed by atoms with van der Waals surface area (Å²) >= 11 is 1.38. The summed E-state index contributed by atoms with van der Waals surface area (Å²) in [5, 5.41) is 9.38. The van der Waals surface area contributed by atoms with Crippen molar-refractivity contribution >= 4 is 23.5 Å². The van der Waals surface area contributed by atoms with E-state index in [1.165, 1.54) is 17.8 Å². The molecule has 2 heterocycles. The Morgan fingerprint density at radius 3 is 2.38 bits per heavy atom. The molecule has 34 heavy (non-hydrogen) atoms. The molecule has 1 aliphatic heterocycles. The predicted molar refractivity (Wildman–Crippen MR) is 124 cm³/mol. The van der Waals surface area contributed by atoms with Gasteiger partial charge in [-0.25, -0.2) is 4.98 Å². The average Bonchev–Trinajstić information content (AvgIpc) is 3.10. The summed E-state index contributed by atoms with van der Waals surface area (Å²) in [7, 11) is 0. The number of benzene rings is 2. The molecule has 1 saturated heterocycles. The monoisotopic (exact) mass is 482 g/mol. The quantitative estimate of drug-likeness (QED) is 0.493. The maximum Gasteiger partial charge on any atom is 0.417 e. The number of anilines is 1. The van der Waals surface area contributed by atoms with Crippen LogP contribution in [0.5, 0.6) is 0 Å². The first-order valence-electron chi connectivity index (χ1n) is 10.7. The number of hydrogen-bond acceptors (Lipinski definition) is 5. The molecule has 0 bridgehead atoms. The van der Waals surface area contributed by atoms with Crippen LogP contribution in [0.25, 0.3) is 0 Å². The Morgan fingerprint density at radius 1 is 0.941 bits per heavy atom. The highest BCUT2D eigenvalue weighted by molar-refractivity contribution is 7.99. The number of halogens is 3. The fourth-order valence-corrected chi connectivity index (χ4v) is 4.78. The van der Waals surface area contributed by atoms with Gasteiger partial charge in [0.25, 0.3) is 5.91 Å². The molecule has 4 rings (SSSR count). The van der Waals surface area contributed by atoms with Gasteiger partial charge in [-0.15, -0.1) is 0 Å². The van der Waals surface area contributed by atoms with Crippen molar-refractivity contribution in [2.75, 3.05) is 31.1 Å². The summed E-state index contributed by atoms with van der Waals surface area (Å²) in [5.74, 6) is 0.353. The number of amides is 1. The van der Waals surface area contributed by atoms with Gasteiger partial charge in [0.1, 0.15) is 11.9 Å². The van der Waals surface area contributed by atoms with E-state index in [2.05, 4.69) is 11.1 Å².